The third-order valence-electron chi connectivity index (χ3n) is 3.45. The van der Waals surface area contributed by atoms with Crippen LogP contribution in [-0.4, -0.2) is 24.8 Å². The van der Waals surface area contributed by atoms with E-state index in [0.29, 0.717) is 24.9 Å². The molecule has 2 unspecified atom stereocenters. The second kappa shape index (κ2) is 3.63. The van der Waals surface area contributed by atoms with E-state index in [-0.39, 0.29) is 5.92 Å². The van der Waals surface area contributed by atoms with Gasteiger partial charge >= 0.3 is 0 Å². The Morgan fingerprint density at radius 1 is 1.36 bits per heavy atom. The summed E-state index contributed by atoms with van der Waals surface area (Å²) in [6.45, 7) is 5.28. The van der Waals surface area contributed by atoms with Crippen molar-refractivity contribution < 1.29 is 14.3 Å². The summed E-state index contributed by atoms with van der Waals surface area (Å²) in [5.41, 5.74) is 0. The minimum absolute atomic E-state index is 0.230. The topological polar surface area (TPSA) is 35.5 Å². The molecule has 0 radical (unpaired) electrons. The van der Waals surface area contributed by atoms with Crippen LogP contribution < -0.4 is 0 Å². The molecule has 2 aliphatic rings. The van der Waals surface area contributed by atoms with E-state index in [1.807, 2.05) is 13.8 Å². The van der Waals surface area contributed by atoms with Gasteiger partial charge in [-0.3, -0.25) is 4.79 Å². The molecular weight excluding hydrogens is 180 g/mol. The number of Topliss-reactive ketones (excluding diaryl/α,β-unsaturated/α-hetero) is 1. The highest BCUT2D eigenvalue weighted by Gasteiger charge is 2.60. The van der Waals surface area contributed by atoms with Crippen molar-refractivity contribution in [1.29, 1.82) is 0 Å². The second-order valence-corrected chi connectivity index (χ2v) is 4.10. The van der Waals surface area contributed by atoms with Crippen molar-refractivity contribution in [3.63, 3.8) is 0 Å². The summed E-state index contributed by atoms with van der Waals surface area (Å²) in [6, 6.07) is 0. The Balaban J connectivity index is 2.05. The lowest BCUT2D eigenvalue weighted by atomic mass is 9.69. The first-order valence-corrected chi connectivity index (χ1v) is 5.54. The summed E-state index contributed by atoms with van der Waals surface area (Å²) in [6.07, 6.45) is 2.44. The van der Waals surface area contributed by atoms with Crippen LogP contribution in [0.25, 0.3) is 0 Å². The van der Waals surface area contributed by atoms with Crippen molar-refractivity contribution in [1.82, 2.24) is 0 Å². The maximum absolute atomic E-state index is 11.4. The lowest BCUT2D eigenvalue weighted by molar-refractivity contribution is -0.318. The molecule has 2 fully saturated rings. The van der Waals surface area contributed by atoms with Crippen molar-refractivity contribution >= 4 is 5.78 Å². The zero-order valence-electron chi connectivity index (χ0n) is 8.91. The van der Waals surface area contributed by atoms with Crippen LogP contribution in [0.15, 0.2) is 0 Å². The first-order valence-electron chi connectivity index (χ1n) is 5.54. The van der Waals surface area contributed by atoms with Crippen LogP contribution in [0.1, 0.15) is 33.1 Å². The molecule has 0 amide bonds. The number of carbonyl (C=O) groups is 1. The van der Waals surface area contributed by atoms with Gasteiger partial charge in [0.25, 0.3) is 0 Å². The van der Waals surface area contributed by atoms with Gasteiger partial charge in [-0.1, -0.05) is 0 Å². The molecular formula is C11H18O3. The summed E-state index contributed by atoms with van der Waals surface area (Å²) in [4.78, 5) is 11.4. The maximum atomic E-state index is 11.4. The second-order valence-electron chi connectivity index (χ2n) is 4.10. The largest absolute Gasteiger partial charge is 0.350 e. The summed E-state index contributed by atoms with van der Waals surface area (Å²) in [5, 5.41) is 0. The summed E-state index contributed by atoms with van der Waals surface area (Å²) in [5.74, 6) is 0.549. The first-order chi connectivity index (χ1) is 6.73. The maximum Gasteiger partial charge on any atom is 0.172 e. The lowest BCUT2D eigenvalue weighted by Crippen LogP contribution is -2.57. The SMILES string of the molecule is CCOC1(OCC)CC2C(=O)CCC21. The molecule has 2 aliphatic carbocycles. The molecule has 14 heavy (non-hydrogen) atoms. The van der Waals surface area contributed by atoms with E-state index < -0.39 is 5.79 Å². The van der Waals surface area contributed by atoms with E-state index in [1.54, 1.807) is 0 Å². The Kier molecular flexibility index (Phi) is 2.62. The molecule has 2 saturated carbocycles. The predicted molar refractivity (Wildman–Crippen MR) is 51.8 cm³/mol. The van der Waals surface area contributed by atoms with Gasteiger partial charge in [-0.25, -0.2) is 0 Å². The molecule has 0 aliphatic heterocycles. The number of ketones is 1. The molecule has 3 heteroatoms. The number of fused-ring (bicyclic) bond motifs is 1. The van der Waals surface area contributed by atoms with Crippen molar-refractivity contribution in [2.24, 2.45) is 11.8 Å². The zero-order chi connectivity index (χ0) is 10.2. The van der Waals surface area contributed by atoms with Crippen LogP contribution in [0.4, 0.5) is 0 Å². The van der Waals surface area contributed by atoms with Crippen LogP contribution in [-0.2, 0) is 14.3 Å². The molecule has 0 heterocycles. The van der Waals surface area contributed by atoms with Gasteiger partial charge in [0.05, 0.1) is 0 Å². The predicted octanol–water partition coefficient (Wildman–Crippen LogP) is 1.75. The van der Waals surface area contributed by atoms with Crippen molar-refractivity contribution in [2.45, 2.75) is 38.9 Å². The molecule has 0 N–H and O–H groups in total. The van der Waals surface area contributed by atoms with Crippen LogP contribution >= 0.6 is 0 Å². The molecule has 80 valence electrons. The fourth-order valence-corrected chi connectivity index (χ4v) is 2.85. The van der Waals surface area contributed by atoms with Crippen molar-refractivity contribution in [3.8, 4) is 0 Å². The van der Waals surface area contributed by atoms with Gasteiger partial charge in [0.15, 0.2) is 5.79 Å². The minimum Gasteiger partial charge on any atom is -0.350 e. The fraction of sp³-hybridized carbons (Fsp3) is 0.909. The fourth-order valence-electron chi connectivity index (χ4n) is 2.85. The molecule has 2 rings (SSSR count). The number of carbonyl (C=O) groups excluding carboxylic acids is 1. The Bertz CT molecular complexity index is 231. The highest BCUT2D eigenvalue weighted by molar-refractivity contribution is 5.85. The molecule has 0 aromatic heterocycles. The summed E-state index contributed by atoms with van der Waals surface area (Å²) in [7, 11) is 0. The Morgan fingerprint density at radius 2 is 2.00 bits per heavy atom. The number of hydrogen-bond acceptors (Lipinski definition) is 3. The van der Waals surface area contributed by atoms with Crippen LogP contribution in [0, 0.1) is 11.8 Å². The molecule has 2 atom stereocenters. The third-order valence-corrected chi connectivity index (χ3v) is 3.45. The number of ether oxygens (including phenoxy) is 2. The molecule has 0 aromatic rings. The Hall–Kier alpha value is -0.410. The van der Waals surface area contributed by atoms with Crippen molar-refractivity contribution in [2.75, 3.05) is 13.2 Å². The molecule has 0 spiro atoms. The molecule has 0 saturated heterocycles. The summed E-state index contributed by atoms with van der Waals surface area (Å²) >= 11 is 0. The van der Waals surface area contributed by atoms with E-state index in [9.17, 15) is 4.79 Å². The van der Waals surface area contributed by atoms with E-state index in [0.717, 1.165) is 19.3 Å². The van der Waals surface area contributed by atoms with Crippen molar-refractivity contribution in [3.05, 3.63) is 0 Å². The smallest absolute Gasteiger partial charge is 0.172 e. The Labute approximate surface area is 84.8 Å². The third kappa shape index (κ3) is 1.30. The number of hydrogen-bond donors (Lipinski definition) is 0. The van der Waals surface area contributed by atoms with Crippen LogP contribution in [0.2, 0.25) is 0 Å². The molecule has 3 nitrogen and oxygen atoms in total. The zero-order valence-corrected chi connectivity index (χ0v) is 8.91. The van der Waals surface area contributed by atoms with Gasteiger partial charge in [-0.2, -0.15) is 0 Å². The van der Waals surface area contributed by atoms with Gasteiger partial charge in [0.2, 0.25) is 0 Å². The number of rotatable bonds is 4. The molecule has 0 aromatic carbocycles. The van der Waals surface area contributed by atoms with Gasteiger partial charge in [0, 0.05) is 37.9 Å². The van der Waals surface area contributed by atoms with Crippen LogP contribution in [0.5, 0.6) is 0 Å². The average molecular weight is 198 g/mol. The van der Waals surface area contributed by atoms with E-state index in [2.05, 4.69) is 0 Å². The van der Waals surface area contributed by atoms with Crippen LogP contribution in [0.3, 0.4) is 0 Å². The van der Waals surface area contributed by atoms with E-state index >= 15 is 0 Å². The van der Waals surface area contributed by atoms with Gasteiger partial charge in [0.1, 0.15) is 5.78 Å². The standard InChI is InChI=1S/C11H18O3/c1-3-13-11(14-4-2)7-8-9(11)5-6-10(8)12/h8-9H,3-7H2,1-2H3. The summed E-state index contributed by atoms with van der Waals surface area (Å²) < 4.78 is 11.4. The van der Waals surface area contributed by atoms with Gasteiger partial charge in [-0.15, -0.1) is 0 Å². The van der Waals surface area contributed by atoms with E-state index in [1.165, 1.54) is 0 Å². The highest BCUT2D eigenvalue weighted by atomic mass is 16.7. The minimum atomic E-state index is -0.416. The quantitative estimate of drug-likeness (QED) is 0.646. The van der Waals surface area contributed by atoms with Gasteiger partial charge in [-0.05, 0) is 20.3 Å². The van der Waals surface area contributed by atoms with E-state index in [4.69, 9.17) is 9.47 Å². The normalized spacial score (nSPS) is 34.0. The lowest BCUT2D eigenvalue weighted by Gasteiger charge is -2.50. The monoisotopic (exact) mass is 198 g/mol. The Morgan fingerprint density at radius 3 is 2.50 bits per heavy atom. The molecule has 0 bridgehead atoms. The first kappa shape index (κ1) is 10.1. The average Bonchev–Trinajstić information content (AvgIpc) is 2.43. The van der Waals surface area contributed by atoms with Gasteiger partial charge < -0.3 is 9.47 Å². The highest BCUT2D eigenvalue weighted by Crippen LogP contribution is 2.54.